The van der Waals surface area contributed by atoms with E-state index in [1.807, 2.05) is 4.90 Å². The average molecular weight is 450 g/mol. The molecule has 0 bridgehead atoms. The fourth-order valence-corrected chi connectivity index (χ4v) is 3.90. The van der Waals surface area contributed by atoms with Gasteiger partial charge in [0.2, 0.25) is 5.91 Å². The maximum Gasteiger partial charge on any atom is 0.244 e. The van der Waals surface area contributed by atoms with Gasteiger partial charge in [0.15, 0.2) is 5.96 Å². The van der Waals surface area contributed by atoms with Crippen LogP contribution in [-0.4, -0.2) is 74.1 Å². The highest BCUT2D eigenvalue weighted by Gasteiger charge is 2.42. The summed E-state index contributed by atoms with van der Waals surface area (Å²) in [6.07, 6.45) is 5.81. The molecule has 3 heterocycles. The lowest BCUT2D eigenvalue weighted by atomic mass is 9.87. The van der Waals surface area contributed by atoms with Crippen molar-refractivity contribution in [1.82, 2.24) is 15.1 Å². The van der Waals surface area contributed by atoms with E-state index in [1.165, 1.54) is 6.42 Å². The number of amides is 1. The summed E-state index contributed by atoms with van der Waals surface area (Å²) >= 11 is 0. The monoisotopic (exact) mass is 450 g/mol. The molecule has 1 unspecified atom stereocenters. The quantitative estimate of drug-likeness (QED) is 0.404. The van der Waals surface area contributed by atoms with Crippen molar-refractivity contribution in [3.8, 4) is 0 Å². The number of aliphatic imine (C=N–C) groups is 1. The highest BCUT2D eigenvalue weighted by Crippen LogP contribution is 2.38. The molecule has 0 aromatic rings. The van der Waals surface area contributed by atoms with Crippen molar-refractivity contribution in [2.75, 3.05) is 52.5 Å². The number of hydrogen-bond acceptors (Lipinski definition) is 3. The van der Waals surface area contributed by atoms with Gasteiger partial charge in [-0.05, 0) is 39.0 Å². The van der Waals surface area contributed by atoms with Gasteiger partial charge in [0.25, 0.3) is 0 Å². The maximum absolute atomic E-state index is 12.3. The van der Waals surface area contributed by atoms with Crippen LogP contribution in [0.2, 0.25) is 0 Å². The van der Waals surface area contributed by atoms with Gasteiger partial charge in [0, 0.05) is 44.7 Å². The maximum atomic E-state index is 12.3. The Morgan fingerprint density at radius 2 is 1.96 bits per heavy atom. The number of likely N-dealkylation sites (tertiary alicyclic amines) is 2. The number of nitrogens with zero attached hydrogens (tertiary/aromatic N) is 3. The number of halogens is 1. The van der Waals surface area contributed by atoms with Crippen LogP contribution in [0.4, 0.5) is 0 Å². The molecule has 1 N–H and O–H groups in total. The number of hydrogen-bond donors (Lipinski definition) is 1. The van der Waals surface area contributed by atoms with Gasteiger partial charge in [-0.2, -0.15) is 0 Å². The molecule has 0 aromatic heterocycles. The number of nitrogens with one attached hydrogen (secondary N) is 1. The first-order chi connectivity index (χ1) is 11.2. The van der Waals surface area contributed by atoms with E-state index in [0.717, 1.165) is 77.6 Å². The molecule has 3 aliphatic rings. The highest BCUT2D eigenvalue weighted by molar-refractivity contribution is 14.0. The Morgan fingerprint density at radius 1 is 1.17 bits per heavy atom. The number of guanidine groups is 1. The van der Waals surface area contributed by atoms with E-state index in [0.29, 0.717) is 5.41 Å². The Labute approximate surface area is 162 Å². The standard InChI is InChI=1S/C17H30N4O2.HI/c1-2-18-16(19-12-15(22)20-8-4-3-5-9-20)21-10-6-17(13-21)7-11-23-14-17;/h2-14H2,1H3,(H,18,19);1H. The third-order valence-corrected chi connectivity index (χ3v) is 5.33. The predicted molar refractivity (Wildman–Crippen MR) is 106 cm³/mol. The average Bonchev–Trinajstić information content (AvgIpc) is 3.22. The summed E-state index contributed by atoms with van der Waals surface area (Å²) in [4.78, 5) is 21.2. The molecular formula is C17H31IN4O2. The van der Waals surface area contributed by atoms with Crippen LogP contribution in [0.1, 0.15) is 39.0 Å². The van der Waals surface area contributed by atoms with E-state index in [4.69, 9.17) is 4.74 Å². The molecular weight excluding hydrogens is 419 g/mol. The molecule has 1 spiro atoms. The predicted octanol–water partition coefficient (Wildman–Crippen LogP) is 1.69. The molecule has 0 aromatic carbocycles. The van der Waals surface area contributed by atoms with Gasteiger partial charge < -0.3 is 19.9 Å². The van der Waals surface area contributed by atoms with Crippen molar-refractivity contribution in [2.24, 2.45) is 10.4 Å². The van der Waals surface area contributed by atoms with Crippen LogP contribution in [0.5, 0.6) is 0 Å². The molecule has 24 heavy (non-hydrogen) atoms. The zero-order valence-corrected chi connectivity index (χ0v) is 17.1. The van der Waals surface area contributed by atoms with Crippen molar-refractivity contribution < 1.29 is 9.53 Å². The summed E-state index contributed by atoms with van der Waals surface area (Å²) in [5.74, 6) is 1.06. The molecule has 6 nitrogen and oxygen atoms in total. The minimum absolute atomic E-state index is 0. The van der Waals surface area contributed by atoms with Gasteiger partial charge in [-0.3, -0.25) is 4.79 Å². The van der Waals surface area contributed by atoms with Crippen molar-refractivity contribution in [1.29, 1.82) is 0 Å². The second-order valence-corrected chi connectivity index (χ2v) is 7.09. The molecule has 138 valence electrons. The van der Waals surface area contributed by atoms with E-state index >= 15 is 0 Å². The van der Waals surface area contributed by atoms with Gasteiger partial charge in [-0.25, -0.2) is 4.99 Å². The fraction of sp³-hybridized carbons (Fsp3) is 0.882. The molecule has 7 heteroatoms. The zero-order chi connectivity index (χ0) is 16.1. The normalized spacial score (nSPS) is 27.5. The van der Waals surface area contributed by atoms with E-state index < -0.39 is 0 Å². The summed E-state index contributed by atoms with van der Waals surface area (Å²) in [7, 11) is 0. The molecule has 0 aliphatic carbocycles. The van der Waals surface area contributed by atoms with Crippen molar-refractivity contribution >= 4 is 35.8 Å². The first-order valence-electron chi connectivity index (χ1n) is 9.11. The lowest BCUT2D eigenvalue weighted by Crippen LogP contribution is -2.43. The topological polar surface area (TPSA) is 57.2 Å². The molecule has 3 rings (SSSR count). The number of rotatable bonds is 3. The summed E-state index contributed by atoms with van der Waals surface area (Å²) in [5, 5.41) is 3.35. The van der Waals surface area contributed by atoms with E-state index in [-0.39, 0.29) is 36.4 Å². The van der Waals surface area contributed by atoms with Crippen molar-refractivity contribution in [3.05, 3.63) is 0 Å². The zero-order valence-electron chi connectivity index (χ0n) is 14.8. The Kier molecular flexibility index (Phi) is 7.59. The Morgan fingerprint density at radius 3 is 2.62 bits per heavy atom. The second-order valence-electron chi connectivity index (χ2n) is 7.09. The summed E-state index contributed by atoms with van der Waals surface area (Å²) < 4.78 is 5.60. The highest BCUT2D eigenvalue weighted by atomic mass is 127. The Bertz CT molecular complexity index is 446. The number of ether oxygens (including phenoxy) is 1. The fourth-order valence-electron chi connectivity index (χ4n) is 3.90. The Balaban J connectivity index is 0.00000208. The summed E-state index contributed by atoms with van der Waals surface area (Å²) in [6.45, 7) is 8.73. The lowest BCUT2D eigenvalue weighted by molar-refractivity contribution is -0.130. The van der Waals surface area contributed by atoms with Crippen LogP contribution in [0.15, 0.2) is 4.99 Å². The number of piperidine rings is 1. The third kappa shape index (κ3) is 4.74. The molecule has 0 saturated carbocycles. The number of carbonyl (C=O) groups is 1. The van der Waals surface area contributed by atoms with Gasteiger partial charge in [-0.15, -0.1) is 24.0 Å². The minimum Gasteiger partial charge on any atom is -0.381 e. The molecule has 1 atom stereocenters. The third-order valence-electron chi connectivity index (χ3n) is 5.33. The second kappa shape index (κ2) is 9.22. The Hall–Kier alpha value is -0.570. The van der Waals surface area contributed by atoms with Gasteiger partial charge in [0.05, 0.1) is 6.61 Å². The number of carbonyl (C=O) groups excluding carboxylic acids is 1. The lowest BCUT2D eigenvalue weighted by Gasteiger charge is -2.27. The largest absolute Gasteiger partial charge is 0.381 e. The first kappa shape index (κ1) is 19.8. The molecule has 3 fully saturated rings. The van der Waals surface area contributed by atoms with E-state index in [1.54, 1.807) is 0 Å². The van der Waals surface area contributed by atoms with Crippen LogP contribution < -0.4 is 5.32 Å². The first-order valence-corrected chi connectivity index (χ1v) is 9.11. The van der Waals surface area contributed by atoms with E-state index in [9.17, 15) is 4.79 Å². The van der Waals surface area contributed by atoms with Gasteiger partial charge in [0.1, 0.15) is 6.54 Å². The van der Waals surface area contributed by atoms with Gasteiger partial charge in [-0.1, -0.05) is 0 Å². The SMILES string of the molecule is CCNC(=NCC(=O)N1CCCCC1)N1CCC2(CCOC2)C1.I. The van der Waals surface area contributed by atoms with Crippen LogP contribution >= 0.6 is 24.0 Å². The van der Waals surface area contributed by atoms with Crippen LogP contribution in [0.25, 0.3) is 0 Å². The minimum atomic E-state index is 0. The summed E-state index contributed by atoms with van der Waals surface area (Å²) in [6, 6.07) is 0. The molecule has 3 saturated heterocycles. The molecule has 0 radical (unpaired) electrons. The van der Waals surface area contributed by atoms with Crippen LogP contribution in [-0.2, 0) is 9.53 Å². The van der Waals surface area contributed by atoms with Crippen molar-refractivity contribution in [3.63, 3.8) is 0 Å². The molecule has 3 aliphatic heterocycles. The van der Waals surface area contributed by atoms with Crippen LogP contribution in [0.3, 0.4) is 0 Å². The smallest absolute Gasteiger partial charge is 0.244 e. The van der Waals surface area contributed by atoms with Gasteiger partial charge >= 0.3 is 0 Å². The van der Waals surface area contributed by atoms with E-state index in [2.05, 4.69) is 22.1 Å². The molecule has 1 amide bonds. The summed E-state index contributed by atoms with van der Waals surface area (Å²) in [5.41, 5.74) is 0.313. The van der Waals surface area contributed by atoms with Crippen molar-refractivity contribution in [2.45, 2.75) is 39.0 Å². The van der Waals surface area contributed by atoms with Crippen LogP contribution in [0, 0.1) is 5.41 Å².